The molecule has 0 radical (unpaired) electrons. The van der Waals surface area contributed by atoms with Crippen molar-refractivity contribution in [3.63, 3.8) is 0 Å². The van der Waals surface area contributed by atoms with Crippen LogP contribution in [0.5, 0.6) is 0 Å². The monoisotopic (exact) mass is 230 g/mol. The summed E-state index contributed by atoms with van der Waals surface area (Å²) in [6.07, 6.45) is 2.07. The highest BCUT2D eigenvalue weighted by Gasteiger charge is 1.78. The molecule has 0 spiro atoms. The Morgan fingerprint density at radius 2 is 1.78 bits per heavy atom. The molecule has 0 nitrogen and oxygen atoms in total. The van der Waals surface area contributed by atoms with E-state index in [2.05, 4.69) is 40.8 Å². The van der Waals surface area contributed by atoms with Gasteiger partial charge in [-0.05, 0) is 15.7 Å². The van der Waals surface area contributed by atoms with Gasteiger partial charge in [0.1, 0.15) is 0 Å². The van der Waals surface area contributed by atoms with Gasteiger partial charge in [0, 0.05) is 0 Å². The Kier molecular flexibility index (Phi) is 2.77. The lowest BCUT2D eigenvalue weighted by molar-refractivity contribution is 1.67. The second-order valence-electron chi connectivity index (χ2n) is 1.70. The summed E-state index contributed by atoms with van der Waals surface area (Å²) in [6.45, 7) is 0. The van der Waals surface area contributed by atoms with Crippen molar-refractivity contribution < 1.29 is 0 Å². The van der Waals surface area contributed by atoms with Crippen molar-refractivity contribution in [2.75, 3.05) is 0 Å². The molecule has 0 bridgehead atoms. The highest BCUT2D eigenvalue weighted by molar-refractivity contribution is 14.1. The van der Waals surface area contributed by atoms with Crippen LogP contribution in [0, 0.1) is 0 Å². The summed E-state index contributed by atoms with van der Waals surface area (Å²) in [5, 5.41) is 0. The van der Waals surface area contributed by atoms with Crippen molar-refractivity contribution in [2.45, 2.75) is 0 Å². The highest BCUT2D eigenvalue weighted by atomic mass is 127. The van der Waals surface area contributed by atoms with Gasteiger partial charge in [-0.15, -0.1) is 0 Å². The van der Waals surface area contributed by atoms with Gasteiger partial charge in [-0.3, -0.25) is 0 Å². The number of halogens is 1. The van der Waals surface area contributed by atoms with E-state index < -0.39 is 0 Å². The lowest BCUT2D eigenvalue weighted by Gasteiger charge is -1.86. The lowest BCUT2D eigenvalue weighted by atomic mass is 10.2. The van der Waals surface area contributed by atoms with Crippen molar-refractivity contribution >= 4 is 28.7 Å². The van der Waals surface area contributed by atoms with E-state index in [1.807, 2.05) is 22.3 Å². The molecular weight excluding hydrogens is 223 g/mol. The molecule has 0 fully saturated rings. The molecule has 0 aliphatic heterocycles. The van der Waals surface area contributed by atoms with Crippen molar-refractivity contribution in [1.29, 1.82) is 0 Å². The molecule has 0 atom stereocenters. The molecule has 0 aliphatic rings. The van der Waals surface area contributed by atoms with E-state index in [9.17, 15) is 0 Å². The molecule has 9 heavy (non-hydrogen) atoms. The van der Waals surface area contributed by atoms with Crippen LogP contribution < -0.4 is 0 Å². The molecule has 1 heteroatoms. The molecular formula is C8H7I. The molecule has 0 N–H and O–H groups in total. The first kappa shape index (κ1) is 6.81. The summed E-state index contributed by atoms with van der Waals surface area (Å²) < 4.78 is 2.01. The molecule has 0 heterocycles. The van der Waals surface area contributed by atoms with E-state index in [1.165, 1.54) is 5.56 Å². The van der Waals surface area contributed by atoms with Crippen LogP contribution in [0.2, 0.25) is 0 Å². The Bertz CT molecular complexity index is 189. The molecule has 0 saturated heterocycles. The zero-order valence-corrected chi connectivity index (χ0v) is 7.08. The fourth-order valence-corrected chi connectivity index (χ4v) is 1.05. The standard InChI is InChI=1S/C8H7I/c9-7-6-8-4-2-1-3-5-8/h1-7H. The number of hydrogen-bond acceptors (Lipinski definition) is 0. The summed E-state index contributed by atoms with van der Waals surface area (Å²) in [5.41, 5.74) is 1.26. The minimum atomic E-state index is 1.26. The first-order valence-corrected chi connectivity index (χ1v) is 4.00. The van der Waals surface area contributed by atoms with Crippen molar-refractivity contribution in [3.8, 4) is 0 Å². The molecule has 0 amide bonds. The van der Waals surface area contributed by atoms with Gasteiger partial charge in [0.2, 0.25) is 0 Å². The Labute approximate surface area is 68.7 Å². The Morgan fingerprint density at radius 3 is 2.33 bits per heavy atom. The van der Waals surface area contributed by atoms with Crippen LogP contribution in [-0.4, -0.2) is 0 Å². The predicted molar refractivity (Wildman–Crippen MR) is 49.5 cm³/mol. The molecule has 46 valence electrons. The lowest BCUT2D eigenvalue weighted by Crippen LogP contribution is -1.64. The molecule has 0 saturated carbocycles. The van der Waals surface area contributed by atoms with Crippen LogP contribution in [0.3, 0.4) is 0 Å². The molecule has 1 rings (SSSR count). The highest BCUT2D eigenvalue weighted by Crippen LogP contribution is 2.01. The summed E-state index contributed by atoms with van der Waals surface area (Å²) in [7, 11) is 0. The summed E-state index contributed by atoms with van der Waals surface area (Å²) in [5.74, 6) is 0. The van der Waals surface area contributed by atoms with E-state index in [-0.39, 0.29) is 0 Å². The smallest absolute Gasteiger partial charge is 0.0228 e. The van der Waals surface area contributed by atoms with Gasteiger partial charge in [0.05, 0.1) is 0 Å². The third-order valence-corrected chi connectivity index (χ3v) is 1.41. The SMILES string of the molecule is IC=Cc1ccccc1. The van der Waals surface area contributed by atoms with Gasteiger partial charge in [0.25, 0.3) is 0 Å². The molecule has 0 aromatic heterocycles. The van der Waals surface area contributed by atoms with Gasteiger partial charge < -0.3 is 0 Å². The first-order valence-electron chi connectivity index (χ1n) is 2.75. The average Bonchev–Trinajstić information content (AvgIpc) is 1.91. The van der Waals surface area contributed by atoms with Crippen molar-refractivity contribution in [3.05, 3.63) is 40.0 Å². The fraction of sp³-hybridized carbons (Fsp3) is 0. The van der Waals surface area contributed by atoms with E-state index >= 15 is 0 Å². The Balaban J connectivity index is 2.85. The summed E-state index contributed by atoms with van der Waals surface area (Å²) >= 11 is 2.21. The fourth-order valence-electron chi connectivity index (χ4n) is 0.637. The summed E-state index contributed by atoms with van der Waals surface area (Å²) in [6, 6.07) is 10.2. The quantitative estimate of drug-likeness (QED) is 0.650. The minimum absolute atomic E-state index is 1.26. The zero-order valence-electron chi connectivity index (χ0n) is 4.92. The zero-order chi connectivity index (χ0) is 6.53. The Hall–Kier alpha value is -0.310. The maximum atomic E-state index is 2.21. The number of rotatable bonds is 1. The normalized spacial score (nSPS) is 10.3. The number of hydrogen-bond donors (Lipinski definition) is 0. The van der Waals surface area contributed by atoms with Crippen molar-refractivity contribution in [2.24, 2.45) is 0 Å². The molecule has 1 aromatic carbocycles. The minimum Gasteiger partial charge on any atom is -0.0622 e. The third-order valence-electron chi connectivity index (χ3n) is 1.06. The Morgan fingerprint density at radius 1 is 1.11 bits per heavy atom. The second kappa shape index (κ2) is 3.67. The van der Waals surface area contributed by atoms with Gasteiger partial charge in [-0.1, -0.05) is 52.9 Å². The molecule has 0 unspecified atom stereocenters. The van der Waals surface area contributed by atoms with E-state index in [4.69, 9.17) is 0 Å². The van der Waals surface area contributed by atoms with Crippen molar-refractivity contribution in [1.82, 2.24) is 0 Å². The van der Waals surface area contributed by atoms with Crippen LogP contribution >= 0.6 is 22.6 Å². The van der Waals surface area contributed by atoms with E-state index in [0.29, 0.717) is 0 Å². The molecule has 0 aliphatic carbocycles. The van der Waals surface area contributed by atoms with Gasteiger partial charge in [-0.25, -0.2) is 0 Å². The number of benzene rings is 1. The summed E-state index contributed by atoms with van der Waals surface area (Å²) in [4.78, 5) is 0. The maximum absolute atomic E-state index is 2.21. The largest absolute Gasteiger partial charge is 0.0622 e. The predicted octanol–water partition coefficient (Wildman–Crippen LogP) is 3.09. The van der Waals surface area contributed by atoms with E-state index in [1.54, 1.807) is 0 Å². The second-order valence-corrected chi connectivity index (χ2v) is 2.42. The van der Waals surface area contributed by atoms with Gasteiger partial charge in [-0.2, -0.15) is 0 Å². The third kappa shape index (κ3) is 2.18. The van der Waals surface area contributed by atoms with Gasteiger partial charge >= 0.3 is 0 Å². The molecule has 1 aromatic rings. The van der Waals surface area contributed by atoms with Gasteiger partial charge in [0.15, 0.2) is 0 Å². The van der Waals surface area contributed by atoms with Crippen LogP contribution in [0.1, 0.15) is 5.56 Å². The topological polar surface area (TPSA) is 0 Å². The average molecular weight is 230 g/mol. The maximum Gasteiger partial charge on any atom is -0.0228 e. The first-order chi connectivity index (χ1) is 4.43. The van der Waals surface area contributed by atoms with Crippen LogP contribution in [0.25, 0.3) is 6.08 Å². The van der Waals surface area contributed by atoms with E-state index in [0.717, 1.165) is 0 Å². The van der Waals surface area contributed by atoms with Crippen LogP contribution in [-0.2, 0) is 0 Å². The van der Waals surface area contributed by atoms with Crippen LogP contribution in [0.15, 0.2) is 34.4 Å². The van der Waals surface area contributed by atoms with Crippen LogP contribution in [0.4, 0.5) is 0 Å².